The van der Waals surface area contributed by atoms with Gasteiger partial charge in [-0.3, -0.25) is 0 Å². The van der Waals surface area contributed by atoms with Gasteiger partial charge in [-0.05, 0) is 42.7 Å². The van der Waals surface area contributed by atoms with E-state index in [4.69, 9.17) is 4.74 Å². The molecule has 1 aliphatic heterocycles. The molecule has 0 unspecified atom stereocenters. The summed E-state index contributed by atoms with van der Waals surface area (Å²) in [7, 11) is 0. The van der Waals surface area contributed by atoms with Gasteiger partial charge in [0.1, 0.15) is 12.4 Å². The van der Waals surface area contributed by atoms with Crippen molar-refractivity contribution in [3.8, 4) is 5.75 Å². The number of carbonyl (C=O) groups excluding carboxylic acids is 1. The van der Waals surface area contributed by atoms with Gasteiger partial charge in [0, 0.05) is 31.9 Å². The van der Waals surface area contributed by atoms with E-state index in [1.165, 1.54) is 16.8 Å². The largest absolute Gasteiger partial charge is 0.491 e. The Balaban J connectivity index is 1.39. The highest BCUT2D eigenvalue weighted by Crippen LogP contribution is 2.19. The fourth-order valence-corrected chi connectivity index (χ4v) is 3.36. The summed E-state index contributed by atoms with van der Waals surface area (Å²) in [5.41, 5.74) is 3.69. The van der Waals surface area contributed by atoms with E-state index in [0.29, 0.717) is 13.2 Å². The van der Waals surface area contributed by atoms with Crippen LogP contribution >= 0.6 is 0 Å². The monoisotopic (exact) mass is 367 g/mol. The van der Waals surface area contributed by atoms with Crippen molar-refractivity contribution in [1.29, 1.82) is 0 Å². The molecule has 1 fully saturated rings. The second kappa shape index (κ2) is 9.31. The highest BCUT2D eigenvalue weighted by Gasteiger charge is 2.21. The first-order chi connectivity index (χ1) is 13.2. The molecule has 1 saturated heterocycles. The van der Waals surface area contributed by atoms with Gasteiger partial charge in [0.25, 0.3) is 0 Å². The van der Waals surface area contributed by atoms with Crippen LogP contribution in [-0.4, -0.2) is 50.3 Å². The highest BCUT2D eigenvalue weighted by molar-refractivity contribution is 5.74. The number of amides is 2. The Morgan fingerprint density at radius 2 is 1.85 bits per heavy atom. The van der Waals surface area contributed by atoms with Crippen LogP contribution in [0.2, 0.25) is 0 Å². The van der Waals surface area contributed by atoms with E-state index in [0.717, 1.165) is 38.3 Å². The van der Waals surface area contributed by atoms with Crippen molar-refractivity contribution in [2.45, 2.75) is 20.3 Å². The third-order valence-corrected chi connectivity index (χ3v) is 4.92. The zero-order chi connectivity index (χ0) is 19.1. The Morgan fingerprint density at radius 3 is 2.59 bits per heavy atom. The van der Waals surface area contributed by atoms with Crippen LogP contribution in [0.4, 0.5) is 10.5 Å². The molecule has 5 heteroatoms. The van der Waals surface area contributed by atoms with Crippen molar-refractivity contribution in [2.75, 3.05) is 44.2 Å². The molecule has 0 bridgehead atoms. The average molecular weight is 367 g/mol. The zero-order valence-corrected chi connectivity index (χ0v) is 16.3. The van der Waals surface area contributed by atoms with E-state index in [9.17, 15) is 4.79 Å². The molecule has 5 nitrogen and oxygen atoms in total. The van der Waals surface area contributed by atoms with Gasteiger partial charge in [0.15, 0.2) is 0 Å². The maximum absolute atomic E-state index is 12.4. The van der Waals surface area contributed by atoms with Crippen LogP contribution < -0.4 is 15.0 Å². The summed E-state index contributed by atoms with van der Waals surface area (Å²) in [6.07, 6.45) is 0.938. The SMILES string of the molecule is CCc1ccccc1OCCNC(=O)N1CCN(c2cccc(C)c2)CC1. The Labute approximate surface area is 161 Å². The van der Waals surface area contributed by atoms with Gasteiger partial charge in [0.2, 0.25) is 0 Å². The number of nitrogens with one attached hydrogen (secondary N) is 1. The standard InChI is InChI=1S/C22H29N3O2/c1-3-19-8-4-5-10-21(19)27-16-11-23-22(26)25-14-12-24(13-15-25)20-9-6-7-18(2)17-20/h4-10,17H,3,11-16H2,1-2H3,(H,23,26). The van der Waals surface area contributed by atoms with E-state index in [2.05, 4.69) is 54.4 Å². The second-order valence-corrected chi connectivity index (χ2v) is 6.85. The van der Waals surface area contributed by atoms with E-state index < -0.39 is 0 Å². The van der Waals surface area contributed by atoms with Crippen molar-refractivity contribution < 1.29 is 9.53 Å². The molecule has 0 saturated carbocycles. The van der Waals surface area contributed by atoms with Gasteiger partial charge in [-0.25, -0.2) is 4.79 Å². The van der Waals surface area contributed by atoms with Gasteiger partial charge in [-0.1, -0.05) is 37.3 Å². The summed E-state index contributed by atoms with van der Waals surface area (Å²) in [4.78, 5) is 16.6. The third-order valence-electron chi connectivity index (χ3n) is 4.92. The lowest BCUT2D eigenvalue weighted by atomic mass is 10.1. The quantitative estimate of drug-likeness (QED) is 0.795. The van der Waals surface area contributed by atoms with E-state index in [-0.39, 0.29) is 6.03 Å². The number of urea groups is 1. The number of benzene rings is 2. The minimum Gasteiger partial charge on any atom is -0.491 e. The second-order valence-electron chi connectivity index (χ2n) is 6.85. The number of para-hydroxylation sites is 1. The van der Waals surface area contributed by atoms with Crippen LogP contribution in [0, 0.1) is 6.92 Å². The molecule has 2 aromatic carbocycles. The molecule has 0 radical (unpaired) electrons. The summed E-state index contributed by atoms with van der Waals surface area (Å²) in [6.45, 7) is 8.39. The molecule has 2 aromatic rings. The van der Waals surface area contributed by atoms with E-state index >= 15 is 0 Å². The number of aryl methyl sites for hydroxylation is 2. The summed E-state index contributed by atoms with van der Waals surface area (Å²) < 4.78 is 5.81. The number of rotatable bonds is 6. The van der Waals surface area contributed by atoms with Crippen LogP contribution in [0.5, 0.6) is 5.75 Å². The molecule has 0 aliphatic carbocycles. The number of hydrogen-bond donors (Lipinski definition) is 1. The summed E-state index contributed by atoms with van der Waals surface area (Å²) in [5.74, 6) is 0.904. The molecule has 144 valence electrons. The Bertz CT molecular complexity index is 755. The number of hydrogen-bond acceptors (Lipinski definition) is 3. The summed E-state index contributed by atoms with van der Waals surface area (Å²) in [6, 6.07) is 16.5. The van der Waals surface area contributed by atoms with Crippen molar-refractivity contribution in [3.63, 3.8) is 0 Å². The van der Waals surface area contributed by atoms with Crippen LogP contribution in [-0.2, 0) is 6.42 Å². The molecule has 2 amide bonds. The molecule has 1 N–H and O–H groups in total. The minimum atomic E-state index is -0.00808. The van der Waals surface area contributed by atoms with Gasteiger partial charge in [-0.2, -0.15) is 0 Å². The van der Waals surface area contributed by atoms with Crippen LogP contribution in [0.1, 0.15) is 18.1 Å². The van der Waals surface area contributed by atoms with Crippen LogP contribution in [0.15, 0.2) is 48.5 Å². The first-order valence-electron chi connectivity index (χ1n) is 9.72. The Hall–Kier alpha value is -2.69. The predicted octanol–water partition coefficient (Wildman–Crippen LogP) is 3.47. The number of piperazine rings is 1. The molecular formula is C22H29N3O2. The first kappa shape index (κ1) is 19.1. The van der Waals surface area contributed by atoms with Crippen molar-refractivity contribution in [2.24, 2.45) is 0 Å². The van der Waals surface area contributed by atoms with Crippen molar-refractivity contribution >= 4 is 11.7 Å². The number of ether oxygens (including phenoxy) is 1. The zero-order valence-electron chi connectivity index (χ0n) is 16.3. The number of carbonyl (C=O) groups is 1. The van der Waals surface area contributed by atoms with Crippen LogP contribution in [0.3, 0.4) is 0 Å². The lowest BCUT2D eigenvalue weighted by molar-refractivity contribution is 0.191. The summed E-state index contributed by atoms with van der Waals surface area (Å²) in [5, 5.41) is 2.97. The fraction of sp³-hybridized carbons (Fsp3) is 0.409. The maximum atomic E-state index is 12.4. The highest BCUT2D eigenvalue weighted by atomic mass is 16.5. The molecule has 0 spiro atoms. The lowest BCUT2D eigenvalue weighted by Gasteiger charge is -2.36. The number of nitrogens with zero attached hydrogens (tertiary/aromatic N) is 2. The van der Waals surface area contributed by atoms with Gasteiger partial charge in [0.05, 0.1) is 6.54 Å². The van der Waals surface area contributed by atoms with E-state index in [1.54, 1.807) is 0 Å². The number of anilines is 1. The molecule has 0 atom stereocenters. The van der Waals surface area contributed by atoms with Gasteiger partial charge in [-0.15, -0.1) is 0 Å². The lowest BCUT2D eigenvalue weighted by Crippen LogP contribution is -2.52. The third kappa shape index (κ3) is 5.16. The smallest absolute Gasteiger partial charge is 0.317 e. The normalized spacial score (nSPS) is 14.1. The molecule has 0 aromatic heterocycles. The molecule has 1 aliphatic rings. The molecule has 27 heavy (non-hydrogen) atoms. The predicted molar refractivity (Wildman–Crippen MR) is 110 cm³/mol. The van der Waals surface area contributed by atoms with Crippen LogP contribution in [0.25, 0.3) is 0 Å². The van der Waals surface area contributed by atoms with Gasteiger partial charge < -0.3 is 19.9 Å². The Kier molecular flexibility index (Phi) is 6.58. The maximum Gasteiger partial charge on any atom is 0.317 e. The van der Waals surface area contributed by atoms with Crippen molar-refractivity contribution in [3.05, 3.63) is 59.7 Å². The van der Waals surface area contributed by atoms with E-state index in [1.807, 2.05) is 23.1 Å². The van der Waals surface area contributed by atoms with Crippen molar-refractivity contribution in [1.82, 2.24) is 10.2 Å². The Morgan fingerprint density at radius 1 is 1.07 bits per heavy atom. The topological polar surface area (TPSA) is 44.8 Å². The average Bonchev–Trinajstić information content (AvgIpc) is 2.71. The first-order valence-corrected chi connectivity index (χ1v) is 9.72. The fourth-order valence-electron chi connectivity index (χ4n) is 3.36. The van der Waals surface area contributed by atoms with Gasteiger partial charge >= 0.3 is 6.03 Å². The molecular weight excluding hydrogens is 338 g/mol. The minimum absolute atomic E-state index is 0.00808. The molecule has 1 heterocycles. The molecule has 3 rings (SSSR count). The summed E-state index contributed by atoms with van der Waals surface area (Å²) >= 11 is 0.